The van der Waals surface area contributed by atoms with E-state index in [1.807, 2.05) is 6.92 Å². The number of aliphatic hydroxyl groups is 1. The normalized spacial score (nSPS) is 12.7. The summed E-state index contributed by atoms with van der Waals surface area (Å²) in [6, 6.07) is 3.33. The van der Waals surface area contributed by atoms with Crippen LogP contribution in [-0.2, 0) is 6.42 Å². The number of aromatic nitrogens is 1. The summed E-state index contributed by atoms with van der Waals surface area (Å²) in [5.41, 5.74) is 0.806. The van der Waals surface area contributed by atoms with Crippen molar-refractivity contribution in [3.63, 3.8) is 0 Å². The van der Waals surface area contributed by atoms with Crippen LogP contribution < -0.4 is 0 Å². The van der Waals surface area contributed by atoms with Crippen LogP contribution in [0.4, 0.5) is 8.78 Å². The highest BCUT2D eigenvalue weighted by atomic mass is 32.1. The van der Waals surface area contributed by atoms with Crippen molar-refractivity contribution in [2.45, 2.75) is 19.4 Å². The Kier molecular flexibility index (Phi) is 3.49. The summed E-state index contributed by atoms with van der Waals surface area (Å²) < 4.78 is 26.1. The molecule has 1 N–H and O–H groups in total. The summed E-state index contributed by atoms with van der Waals surface area (Å²) in [5, 5.41) is 12.4. The highest BCUT2D eigenvalue weighted by molar-refractivity contribution is 7.09. The van der Waals surface area contributed by atoms with Crippen LogP contribution in [0.3, 0.4) is 0 Å². The molecule has 2 aromatic rings. The molecule has 0 fully saturated rings. The molecule has 1 aromatic carbocycles. The van der Waals surface area contributed by atoms with Gasteiger partial charge in [0.05, 0.1) is 10.7 Å². The van der Waals surface area contributed by atoms with Crippen molar-refractivity contribution in [2.24, 2.45) is 0 Å². The second-order valence-electron chi connectivity index (χ2n) is 3.75. The van der Waals surface area contributed by atoms with E-state index in [2.05, 4.69) is 4.98 Å². The molecule has 1 unspecified atom stereocenters. The lowest BCUT2D eigenvalue weighted by Gasteiger charge is -2.08. The van der Waals surface area contributed by atoms with Crippen LogP contribution in [0.5, 0.6) is 0 Å². The van der Waals surface area contributed by atoms with Crippen LogP contribution >= 0.6 is 11.3 Å². The largest absolute Gasteiger partial charge is 0.386 e. The van der Waals surface area contributed by atoms with E-state index in [9.17, 15) is 13.9 Å². The summed E-state index contributed by atoms with van der Waals surface area (Å²) in [6.07, 6.45) is -0.769. The Morgan fingerprint density at radius 2 is 2.18 bits per heavy atom. The van der Waals surface area contributed by atoms with Crippen molar-refractivity contribution in [3.05, 3.63) is 51.5 Å². The summed E-state index contributed by atoms with van der Waals surface area (Å²) in [4.78, 5) is 4.13. The van der Waals surface area contributed by atoms with Crippen molar-refractivity contribution >= 4 is 11.3 Å². The lowest BCUT2D eigenvalue weighted by Crippen LogP contribution is -2.04. The second kappa shape index (κ2) is 4.89. The predicted molar refractivity (Wildman–Crippen MR) is 61.9 cm³/mol. The number of hydrogen-bond donors (Lipinski definition) is 1. The van der Waals surface area contributed by atoms with Crippen LogP contribution in [0.15, 0.2) is 23.6 Å². The van der Waals surface area contributed by atoms with Gasteiger partial charge in [0.2, 0.25) is 0 Å². The van der Waals surface area contributed by atoms with E-state index in [0.29, 0.717) is 5.69 Å². The molecule has 0 aliphatic rings. The number of aliphatic hydroxyl groups excluding tert-OH is 1. The first-order chi connectivity index (χ1) is 8.06. The SMILES string of the molecule is Cc1nc(C(O)Cc2ccc(F)cc2F)cs1. The van der Waals surface area contributed by atoms with Crippen LogP contribution in [0.1, 0.15) is 22.4 Å². The van der Waals surface area contributed by atoms with Gasteiger partial charge < -0.3 is 5.11 Å². The molecule has 2 nitrogen and oxygen atoms in total. The maximum atomic E-state index is 13.4. The zero-order valence-electron chi connectivity index (χ0n) is 9.15. The van der Waals surface area contributed by atoms with Gasteiger partial charge in [0, 0.05) is 17.9 Å². The van der Waals surface area contributed by atoms with Gasteiger partial charge in [-0.1, -0.05) is 6.07 Å². The molecule has 0 spiro atoms. The Morgan fingerprint density at radius 1 is 1.41 bits per heavy atom. The van der Waals surface area contributed by atoms with Gasteiger partial charge in [-0.2, -0.15) is 0 Å². The van der Waals surface area contributed by atoms with Crippen LogP contribution in [-0.4, -0.2) is 10.1 Å². The fraction of sp³-hybridized carbons (Fsp3) is 0.250. The minimum atomic E-state index is -0.861. The molecule has 1 heterocycles. The molecule has 0 amide bonds. The molecule has 17 heavy (non-hydrogen) atoms. The van der Waals surface area contributed by atoms with E-state index in [0.717, 1.165) is 11.1 Å². The minimum Gasteiger partial charge on any atom is -0.386 e. The Hall–Kier alpha value is -1.33. The van der Waals surface area contributed by atoms with E-state index in [-0.39, 0.29) is 12.0 Å². The van der Waals surface area contributed by atoms with Crippen molar-refractivity contribution in [1.82, 2.24) is 4.98 Å². The topological polar surface area (TPSA) is 33.1 Å². The number of aryl methyl sites for hydroxylation is 1. The highest BCUT2D eigenvalue weighted by Crippen LogP contribution is 2.21. The highest BCUT2D eigenvalue weighted by Gasteiger charge is 2.14. The van der Waals surface area contributed by atoms with Gasteiger partial charge in [0.25, 0.3) is 0 Å². The van der Waals surface area contributed by atoms with E-state index >= 15 is 0 Å². The predicted octanol–water partition coefficient (Wildman–Crippen LogP) is 3.01. The Morgan fingerprint density at radius 3 is 2.76 bits per heavy atom. The van der Waals surface area contributed by atoms with Gasteiger partial charge >= 0.3 is 0 Å². The molecule has 0 saturated carbocycles. The number of thiazole rings is 1. The molecule has 0 bridgehead atoms. The first kappa shape index (κ1) is 12.1. The van der Waals surface area contributed by atoms with E-state index < -0.39 is 17.7 Å². The summed E-state index contributed by atoms with van der Waals surface area (Å²) in [6.45, 7) is 1.83. The van der Waals surface area contributed by atoms with Gasteiger partial charge in [0.1, 0.15) is 17.7 Å². The molecule has 1 atom stereocenters. The molecule has 2 rings (SSSR count). The second-order valence-corrected chi connectivity index (χ2v) is 4.81. The minimum absolute atomic E-state index is 0.0925. The Bertz CT molecular complexity index is 527. The third kappa shape index (κ3) is 2.87. The third-order valence-corrected chi connectivity index (χ3v) is 3.20. The molecular formula is C12H11F2NOS. The lowest BCUT2D eigenvalue weighted by atomic mass is 10.1. The number of nitrogens with zero attached hydrogens (tertiary/aromatic N) is 1. The fourth-order valence-corrected chi connectivity index (χ4v) is 2.19. The third-order valence-electron chi connectivity index (χ3n) is 2.41. The summed E-state index contributed by atoms with van der Waals surface area (Å²) >= 11 is 1.43. The molecule has 0 radical (unpaired) electrons. The van der Waals surface area contributed by atoms with Gasteiger partial charge in [-0.25, -0.2) is 13.8 Å². The van der Waals surface area contributed by atoms with Gasteiger partial charge in [-0.05, 0) is 18.6 Å². The molecule has 0 aliphatic carbocycles. The maximum Gasteiger partial charge on any atom is 0.129 e. The number of hydrogen-bond acceptors (Lipinski definition) is 3. The van der Waals surface area contributed by atoms with Crippen LogP contribution in [0.2, 0.25) is 0 Å². The number of halogens is 2. The standard InChI is InChI=1S/C12H11F2NOS/c1-7-15-11(6-17-7)12(16)4-8-2-3-9(13)5-10(8)14/h2-3,5-6,12,16H,4H2,1H3. The fourth-order valence-electron chi connectivity index (χ4n) is 1.53. The van der Waals surface area contributed by atoms with Gasteiger partial charge in [-0.3, -0.25) is 0 Å². The first-order valence-electron chi connectivity index (χ1n) is 5.10. The molecule has 1 aromatic heterocycles. The van der Waals surface area contributed by atoms with Gasteiger partial charge in [0.15, 0.2) is 0 Å². The first-order valence-corrected chi connectivity index (χ1v) is 5.98. The number of benzene rings is 1. The van der Waals surface area contributed by atoms with E-state index in [1.54, 1.807) is 5.38 Å². The van der Waals surface area contributed by atoms with Crippen molar-refractivity contribution in [3.8, 4) is 0 Å². The molecule has 0 aliphatic heterocycles. The van der Waals surface area contributed by atoms with Crippen molar-refractivity contribution < 1.29 is 13.9 Å². The Labute approximate surface area is 102 Å². The maximum absolute atomic E-state index is 13.4. The molecule has 90 valence electrons. The lowest BCUT2D eigenvalue weighted by molar-refractivity contribution is 0.173. The van der Waals surface area contributed by atoms with Crippen LogP contribution in [0, 0.1) is 18.6 Å². The molecule has 0 saturated heterocycles. The van der Waals surface area contributed by atoms with E-state index in [4.69, 9.17) is 0 Å². The molecule has 5 heteroatoms. The summed E-state index contributed by atoms with van der Waals surface area (Å²) in [7, 11) is 0. The number of rotatable bonds is 3. The quantitative estimate of drug-likeness (QED) is 0.914. The smallest absolute Gasteiger partial charge is 0.129 e. The van der Waals surface area contributed by atoms with Crippen molar-refractivity contribution in [2.75, 3.05) is 0 Å². The van der Waals surface area contributed by atoms with E-state index in [1.165, 1.54) is 23.5 Å². The summed E-state index contributed by atoms with van der Waals surface area (Å²) in [5.74, 6) is -1.26. The zero-order valence-corrected chi connectivity index (χ0v) is 9.97. The Balaban J connectivity index is 2.15. The van der Waals surface area contributed by atoms with Crippen LogP contribution in [0.25, 0.3) is 0 Å². The van der Waals surface area contributed by atoms with Crippen molar-refractivity contribution in [1.29, 1.82) is 0 Å². The van der Waals surface area contributed by atoms with Gasteiger partial charge in [-0.15, -0.1) is 11.3 Å². The zero-order chi connectivity index (χ0) is 12.4. The average Bonchev–Trinajstić information content (AvgIpc) is 2.69. The molecular weight excluding hydrogens is 244 g/mol. The monoisotopic (exact) mass is 255 g/mol. The average molecular weight is 255 g/mol.